The van der Waals surface area contributed by atoms with E-state index in [2.05, 4.69) is 20.8 Å². The fourth-order valence-electron chi connectivity index (χ4n) is 2.34. The Hall–Kier alpha value is -2.97. The van der Waals surface area contributed by atoms with Gasteiger partial charge in [-0.15, -0.1) is 10.2 Å². The van der Waals surface area contributed by atoms with Crippen molar-refractivity contribution in [1.29, 1.82) is 0 Å². The highest BCUT2D eigenvalue weighted by Crippen LogP contribution is 2.26. The fraction of sp³-hybridized carbons (Fsp3) is 0.273. The van der Waals surface area contributed by atoms with Gasteiger partial charge < -0.3 is 15.4 Å². The maximum Gasteiger partial charge on any atom is 0.251 e. The number of aromatic nitrogens is 2. The molecular formula is C22H25ClN4O3S. The lowest BCUT2D eigenvalue weighted by Crippen LogP contribution is -2.35. The Morgan fingerprint density at radius 2 is 1.84 bits per heavy atom. The third-order valence-electron chi connectivity index (χ3n) is 3.79. The number of aryl methyl sites for hydroxylation is 1. The van der Waals surface area contributed by atoms with E-state index in [1.54, 1.807) is 23.5 Å². The molecule has 1 aromatic heterocycles. The van der Waals surface area contributed by atoms with E-state index in [1.165, 1.54) is 13.1 Å². The number of carbonyl (C=O) groups is 2. The number of hydrogen-bond donors (Lipinski definition) is 2. The van der Waals surface area contributed by atoms with Crippen LogP contribution in [0.15, 0.2) is 48.5 Å². The Labute approximate surface area is 190 Å². The van der Waals surface area contributed by atoms with Crippen molar-refractivity contribution in [1.82, 2.24) is 20.8 Å². The average Bonchev–Trinajstić information content (AvgIpc) is 3.20. The normalized spacial score (nSPS) is 10.1. The van der Waals surface area contributed by atoms with Crippen molar-refractivity contribution >= 4 is 34.8 Å². The highest BCUT2D eigenvalue weighted by Gasteiger charge is 2.11. The molecule has 0 aliphatic heterocycles. The summed E-state index contributed by atoms with van der Waals surface area (Å²) in [4.78, 5) is 22.8. The first kappa shape index (κ1) is 24.3. The summed E-state index contributed by atoms with van der Waals surface area (Å²) in [6.07, 6.45) is 0.00502. The van der Waals surface area contributed by atoms with Crippen LogP contribution in [-0.2, 0) is 4.79 Å². The number of nitrogens with zero attached hydrogens (tertiary/aromatic N) is 2. The van der Waals surface area contributed by atoms with E-state index in [0.717, 1.165) is 15.6 Å². The predicted molar refractivity (Wildman–Crippen MR) is 124 cm³/mol. The first-order valence-electron chi connectivity index (χ1n) is 9.60. The van der Waals surface area contributed by atoms with Crippen molar-refractivity contribution < 1.29 is 14.3 Å². The van der Waals surface area contributed by atoms with Crippen LogP contribution in [0.25, 0.3) is 10.6 Å². The minimum atomic E-state index is -0.360. The van der Waals surface area contributed by atoms with Gasteiger partial charge in [-0.3, -0.25) is 9.59 Å². The monoisotopic (exact) mass is 460 g/mol. The van der Waals surface area contributed by atoms with Gasteiger partial charge >= 0.3 is 0 Å². The predicted octanol–water partition coefficient (Wildman–Crippen LogP) is 4.12. The van der Waals surface area contributed by atoms with E-state index in [-0.39, 0.29) is 24.5 Å². The number of carbonyl (C=O) groups excluding carboxylic acids is 2. The Bertz CT molecular complexity index is 1010. The van der Waals surface area contributed by atoms with Gasteiger partial charge in [-0.2, -0.15) is 0 Å². The van der Waals surface area contributed by atoms with Crippen molar-refractivity contribution in [3.8, 4) is 16.3 Å². The van der Waals surface area contributed by atoms with Crippen LogP contribution >= 0.6 is 22.9 Å². The third-order valence-corrected chi connectivity index (χ3v) is 4.97. The Morgan fingerprint density at radius 3 is 2.39 bits per heavy atom. The van der Waals surface area contributed by atoms with E-state index >= 15 is 0 Å². The van der Waals surface area contributed by atoms with Crippen LogP contribution in [0.1, 0.15) is 29.2 Å². The van der Waals surface area contributed by atoms with Crippen LogP contribution in [0, 0.1) is 6.92 Å². The van der Waals surface area contributed by atoms with Gasteiger partial charge in [-0.1, -0.05) is 53.3 Å². The fourth-order valence-corrected chi connectivity index (χ4v) is 3.26. The Morgan fingerprint density at radius 1 is 1.13 bits per heavy atom. The Kier molecular flexibility index (Phi) is 9.42. The van der Waals surface area contributed by atoms with Gasteiger partial charge in [0.2, 0.25) is 5.91 Å². The topological polar surface area (TPSA) is 93.2 Å². The zero-order chi connectivity index (χ0) is 22.8. The first-order chi connectivity index (χ1) is 14.8. The second-order valence-electron chi connectivity index (χ2n) is 6.66. The molecule has 2 amide bonds. The molecule has 0 spiro atoms. The summed E-state index contributed by atoms with van der Waals surface area (Å²) in [5, 5.41) is 15.3. The molecule has 3 aromatic rings. The lowest BCUT2D eigenvalue weighted by molar-refractivity contribution is -0.119. The molecule has 3 rings (SSSR count). The van der Waals surface area contributed by atoms with E-state index in [4.69, 9.17) is 16.3 Å². The van der Waals surface area contributed by atoms with Crippen LogP contribution in [0.3, 0.4) is 0 Å². The van der Waals surface area contributed by atoms with E-state index in [9.17, 15) is 9.59 Å². The molecule has 31 heavy (non-hydrogen) atoms. The van der Waals surface area contributed by atoms with Crippen LogP contribution in [0.5, 0.6) is 5.75 Å². The van der Waals surface area contributed by atoms with Crippen LogP contribution in [0.4, 0.5) is 0 Å². The minimum Gasteiger partial charge on any atom is -0.489 e. The molecule has 0 bridgehead atoms. The highest BCUT2D eigenvalue weighted by molar-refractivity contribution is 7.14. The number of hydrogen-bond acceptors (Lipinski definition) is 6. The van der Waals surface area contributed by atoms with Gasteiger partial charge in [-0.05, 0) is 39.0 Å². The zero-order valence-electron chi connectivity index (χ0n) is 17.8. The standard InChI is InChI=1S/C13H17ClN2O3.C9H8N2S/c1-8(2)19-11-5-4-9(6-10(11)14)13(18)16-7-12(17)15-3;1-7-10-11-9(12-7)8-5-3-2-4-6-8/h4-6,8H,7H2,1-3H3,(H,15,17)(H,16,18);2-6H,1H3. The zero-order valence-corrected chi connectivity index (χ0v) is 19.4. The Balaban J connectivity index is 0.000000242. The maximum atomic E-state index is 11.8. The molecule has 9 heteroatoms. The smallest absolute Gasteiger partial charge is 0.251 e. The van der Waals surface area contributed by atoms with E-state index in [0.29, 0.717) is 16.3 Å². The van der Waals surface area contributed by atoms with Crippen molar-refractivity contribution in [3.63, 3.8) is 0 Å². The van der Waals surface area contributed by atoms with Crippen molar-refractivity contribution in [2.45, 2.75) is 26.9 Å². The third kappa shape index (κ3) is 7.99. The van der Waals surface area contributed by atoms with Crippen molar-refractivity contribution in [2.24, 2.45) is 0 Å². The van der Waals surface area contributed by atoms with Crippen LogP contribution in [-0.4, -0.2) is 41.7 Å². The van der Waals surface area contributed by atoms with Gasteiger partial charge in [-0.25, -0.2) is 0 Å². The summed E-state index contributed by atoms with van der Waals surface area (Å²) in [5.74, 6) is -0.0969. The first-order valence-corrected chi connectivity index (χ1v) is 10.8. The molecule has 0 saturated carbocycles. The molecule has 0 aliphatic carbocycles. The molecular weight excluding hydrogens is 436 g/mol. The van der Waals surface area contributed by atoms with Gasteiger partial charge in [0, 0.05) is 18.2 Å². The van der Waals surface area contributed by atoms with Gasteiger partial charge in [0.1, 0.15) is 15.8 Å². The van der Waals surface area contributed by atoms with Gasteiger partial charge in [0.25, 0.3) is 5.91 Å². The summed E-state index contributed by atoms with van der Waals surface area (Å²) >= 11 is 7.64. The summed E-state index contributed by atoms with van der Waals surface area (Å²) in [7, 11) is 1.50. The summed E-state index contributed by atoms with van der Waals surface area (Å²) in [6, 6.07) is 14.8. The summed E-state index contributed by atoms with van der Waals surface area (Å²) < 4.78 is 5.47. The lowest BCUT2D eigenvalue weighted by Gasteiger charge is -2.12. The number of halogens is 1. The summed E-state index contributed by atoms with van der Waals surface area (Å²) in [5.41, 5.74) is 1.52. The molecule has 2 aromatic carbocycles. The lowest BCUT2D eigenvalue weighted by atomic mass is 10.2. The van der Waals surface area contributed by atoms with Crippen LogP contribution < -0.4 is 15.4 Å². The molecule has 0 unspecified atom stereocenters. The molecule has 0 saturated heterocycles. The molecule has 0 fully saturated rings. The molecule has 0 atom stereocenters. The average molecular weight is 461 g/mol. The number of ether oxygens (including phenoxy) is 1. The largest absolute Gasteiger partial charge is 0.489 e. The highest BCUT2D eigenvalue weighted by atomic mass is 35.5. The quantitative estimate of drug-likeness (QED) is 0.577. The number of rotatable bonds is 6. The molecule has 1 heterocycles. The van der Waals surface area contributed by atoms with E-state index < -0.39 is 0 Å². The summed E-state index contributed by atoms with van der Waals surface area (Å²) in [6.45, 7) is 5.67. The SMILES string of the molecule is CNC(=O)CNC(=O)c1ccc(OC(C)C)c(Cl)c1.Cc1nnc(-c2ccccc2)s1. The molecule has 0 radical (unpaired) electrons. The number of nitrogens with one attached hydrogen (secondary N) is 2. The number of likely N-dealkylation sites (N-methyl/N-ethyl adjacent to an activating group) is 1. The molecule has 7 nitrogen and oxygen atoms in total. The molecule has 164 valence electrons. The maximum absolute atomic E-state index is 11.8. The van der Waals surface area contributed by atoms with Crippen LogP contribution in [0.2, 0.25) is 5.02 Å². The van der Waals surface area contributed by atoms with E-state index in [1.807, 2.05) is 51.1 Å². The van der Waals surface area contributed by atoms with Gasteiger partial charge in [0.15, 0.2) is 0 Å². The van der Waals surface area contributed by atoms with Crippen molar-refractivity contribution in [3.05, 3.63) is 64.1 Å². The van der Waals surface area contributed by atoms with Gasteiger partial charge in [0.05, 0.1) is 17.7 Å². The number of amides is 2. The second kappa shape index (κ2) is 12.0. The second-order valence-corrected chi connectivity index (χ2v) is 8.25. The number of benzene rings is 2. The van der Waals surface area contributed by atoms with Crippen molar-refractivity contribution in [2.75, 3.05) is 13.6 Å². The molecule has 2 N–H and O–H groups in total. The molecule has 0 aliphatic rings. The minimum absolute atomic E-state index is 0.00502.